The molecular weight excluding hydrogens is 384 g/mol. The van der Waals surface area contributed by atoms with Crippen LogP contribution >= 0.6 is 11.8 Å². The van der Waals surface area contributed by atoms with Crippen molar-refractivity contribution in [3.8, 4) is 11.5 Å². The first-order chi connectivity index (χ1) is 14.0. The molecule has 156 valence electrons. The zero-order chi connectivity index (χ0) is 20.8. The van der Waals surface area contributed by atoms with Gasteiger partial charge >= 0.3 is 6.03 Å². The minimum atomic E-state index is -0.110. The molecule has 1 aliphatic rings. The molecule has 29 heavy (non-hydrogen) atoms. The number of rotatable bonds is 6. The number of nitrogens with zero attached hydrogens (tertiary/aromatic N) is 1. The molecule has 0 spiro atoms. The molecule has 0 fully saturated rings. The molecule has 0 unspecified atom stereocenters. The molecule has 2 amide bonds. The van der Waals surface area contributed by atoms with Gasteiger partial charge in [-0.25, -0.2) is 4.79 Å². The highest BCUT2D eigenvalue weighted by Crippen LogP contribution is 2.34. The van der Waals surface area contributed by atoms with Crippen LogP contribution in [0.3, 0.4) is 0 Å². The van der Waals surface area contributed by atoms with Gasteiger partial charge in [-0.2, -0.15) is 0 Å². The Kier molecular flexibility index (Phi) is 7.31. The number of fused-ring (bicyclic) bond motifs is 1. The highest BCUT2D eigenvalue weighted by atomic mass is 32.2. The van der Waals surface area contributed by atoms with Crippen molar-refractivity contribution in [1.29, 1.82) is 0 Å². The Hall–Kier alpha value is -2.34. The van der Waals surface area contributed by atoms with E-state index in [9.17, 15) is 4.79 Å². The number of carbonyl (C=O) groups is 1. The van der Waals surface area contributed by atoms with Crippen molar-refractivity contribution >= 4 is 17.8 Å². The van der Waals surface area contributed by atoms with Crippen molar-refractivity contribution in [2.45, 2.75) is 37.8 Å². The molecule has 6 heteroatoms. The fraction of sp³-hybridized carbons (Fsp3) is 0.435. The average Bonchev–Trinajstić information content (AvgIpc) is 2.97. The van der Waals surface area contributed by atoms with E-state index in [1.165, 1.54) is 4.90 Å². The largest absolute Gasteiger partial charge is 0.490 e. The summed E-state index contributed by atoms with van der Waals surface area (Å²) in [7, 11) is 1.82. The second-order valence-electron chi connectivity index (χ2n) is 7.63. The molecule has 1 heterocycles. The van der Waals surface area contributed by atoms with Crippen LogP contribution in [0.2, 0.25) is 0 Å². The summed E-state index contributed by atoms with van der Waals surface area (Å²) in [6.45, 7) is 6.09. The fourth-order valence-electron chi connectivity index (χ4n) is 3.33. The van der Waals surface area contributed by atoms with Gasteiger partial charge in [0.2, 0.25) is 0 Å². The highest BCUT2D eigenvalue weighted by Gasteiger charge is 2.22. The third-order valence-electron chi connectivity index (χ3n) is 5.00. The molecule has 0 saturated carbocycles. The summed E-state index contributed by atoms with van der Waals surface area (Å²) in [6, 6.07) is 14.0. The van der Waals surface area contributed by atoms with Crippen molar-refractivity contribution in [3.05, 3.63) is 53.6 Å². The van der Waals surface area contributed by atoms with E-state index in [0.717, 1.165) is 29.0 Å². The van der Waals surface area contributed by atoms with Gasteiger partial charge in [-0.15, -0.1) is 11.8 Å². The highest BCUT2D eigenvalue weighted by molar-refractivity contribution is 7.98. The molecule has 0 aromatic heterocycles. The Morgan fingerprint density at radius 1 is 1.10 bits per heavy atom. The third-order valence-corrected chi connectivity index (χ3v) is 5.75. The summed E-state index contributed by atoms with van der Waals surface area (Å²) in [6.07, 6.45) is 2.93. The van der Waals surface area contributed by atoms with Crippen LogP contribution < -0.4 is 14.8 Å². The SMILES string of the molecule is CSc1ccc(CN(C)C(=O)N[C@@H](c2ccc3c(c2)OCCCO3)C(C)C)cc1. The molecule has 3 rings (SSSR count). The van der Waals surface area contributed by atoms with E-state index in [-0.39, 0.29) is 18.0 Å². The summed E-state index contributed by atoms with van der Waals surface area (Å²) in [4.78, 5) is 15.8. The van der Waals surface area contributed by atoms with E-state index >= 15 is 0 Å². The predicted molar refractivity (Wildman–Crippen MR) is 118 cm³/mol. The Morgan fingerprint density at radius 3 is 2.45 bits per heavy atom. The summed E-state index contributed by atoms with van der Waals surface area (Å²) in [5, 5.41) is 3.18. The first-order valence-electron chi connectivity index (χ1n) is 10.0. The number of urea groups is 1. The maximum Gasteiger partial charge on any atom is 0.317 e. The number of nitrogens with one attached hydrogen (secondary N) is 1. The van der Waals surface area contributed by atoms with Crippen molar-refractivity contribution in [1.82, 2.24) is 10.2 Å². The van der Waals surface area contributed by atoms with Gasteiger partial charge in [0.25, 0.3) is 0 Å². The van der Waals surface area contributed by atoms with E-state index < -0.39 is 0 Å². The molecule has 0 radical (unpaired) electrons. The predicted octanol–water partition coefficient (Wildman–Crippen LogP) is 5.11. The summed E-state index contributed by atoms with van der Waals surface area (Å²) in [5.74, 6) is 1.76. The molecule has 1 N–H and O–H groups in total. The number of amides is 2. The average molecular weight is 415 g/mol. The second kappa shape index (κ2) is 9.92. The molecule has 2 aromatic carbocycles. The van der Waals surface area contributed by atoms with E-state index in [1.807, 2.05) is 25.2 Å². The van der Waals surface area contributed by atoms with Crippen LogP contribution in [0.15, 0.2) is 47.4 Å². The van der Waals surface area contributed by atoms with Gasteiger partial charge in [-0.1, -0.05) is 32.0 Å². The zero-order valence-corrected chi connectivity index (χ0v) is 18.4. The van der Waals surface area contributed by atoms with Crippen LogP contribution in [0.1, 0.15) is 37.4 Å². The molecule has 0 aliphatic carbocycles. The smallest absolute Gasteiger partial charge is 0.317 e. The number of hydrogen-bond acceptors (Lipinski definition) is 4. The molecule has 2 aromatic rings. The molecule has 5 nitrogen and oxygen atoms in total. The van der Waals surface area contributed by atoms with Crippen molar-refractivity contribution in [2.75, 3.05) is 26.5 Å². The van der Waals surface area contributed by atoms with Crippen LogP contribution in [-0.2, 0) is 6.54 Å². The monoisotopic (exact) mass is 414 g/mol. The molecule has 0 saturated heterocycles. The normalized spacial score (nSPS) is 14.2. The Balaban J connectivity index is 1.69. The molecule has 1 atom stereocenters. The van der Waals surface area contributed by atoms with Crippen molar-refractivity contribution < 1.29 is 14.3 Å². The third kappa shape index (κ3) is 5.60. The summed E-state index contributed by atoms with van der Waals surface area (Å²) >= 11 is 1.71. The lowest BCUT2D eigenvalue weighted by molar-refractivity contribution is 0.198. The number of benzene rings is 2. The van der Waals surface area contributed by atoms with Gasteiger partial charge in [-0.05, 0) is 47.6 Å². The van der Waals surface area contributed by atoms with E-state index in [4.69, 9.17) is 9.47 Å². The maximum atomic E-state index is 12.9. The summed E-state index contributed by atoms with van der Waals surface area (Å²) in [5.41, 5.74) is 2.13. The van der Waals surface area contributed by atoms with Crippen LogP contribution in [0.25, 0.3) is 0 Å². The molecule has 0 bridgehead atoms. The van der Waals surface area contributed by atoms with Gasteiger partial charge in [0.05, 0.1) is 19.3 Å². The standard InChI is InChI=1S/C23H30N2O3S/c1-16(2)22(18-8-11-20-21(14-18)28-13-5-12-27-20)24-23(26)25(3)15-17-6-9-19(29-4)10-7-17/h6-11,14,16,22H,5,12-13,15H2,1-4H3,(H,24,26)/t22-/m1/s1. The number of ether oxygens (including phenoxy) is 2. The minimum Gasteiger partial charge on any atom is -0.490 e. The molecular formula is C23H30N2O3S. The fourth-order valence-corrected chi connectivity index (χ4v) is 3.74. The van der Waals surface area contributed by atoms with E-state index in [0.29, 0.717) is 19.8 Å². The van der Waals surface area contributed by atoms with Crippen molar-refractivity contribution in [2.24, 2.45) is 5.92 Å². The second-order valence-corrected chi connectivity index (χ2v) is 8.51. The van der Waals surface area contributed by atoms with Crippen LogP contribution in [0.5, 0.6) is 11.5 Å². The van der Waals surface area contributed by atoms with E-state index in [2.05, 4.69) is 49.7 Å². The van der Waals surface area contributed by atoms with Gasteiger partial charge in [0.1, 0.15) is 0 Å². The van der Waals surface area contributed by atoms with Crippen LogP contribution in [-0.4, -0.2) is 37.4 Å². The Morgan fingerprint density at radius 2 is 1.79 bits per heavy atom. The van der Waals surface area contributed by atoms with Crippen LogP contribution in [0, 0.1) is 5.92 Å². The lowest BCUT2D eigenvalue weighted by atomic mass is 9.95. The minimum absolute atomic E-state index is 0.0928. The van der Waals surface area contributed by atoms with Gasteiger partial charge in [-0.3, -0.25) is 0 Å². The van der Waals surface area contributed by atoms with E-state index in [1.54, 1.807) is 16.7 Å². The van der Waals surface area contributed by atoms with Gasteiger partial charge < -0.3 is 19.7 Å². The quantitative estimate of drug-likeness (QED) is 0.668. The first-order valence-corrected chi connectivity index (χ1v) is 11.2. The lowest BCUT2D eigenvalue weighted by Gasteiger charge is -2.27. The summed E-state index contributed by atoms with van der Waals surface area (Å²) < 4.78 is 11.5. The maximum absolute atomic E-state index is 12.9. The number of carbonyl (C=O) groups excluding carboxylic acids is 1. The number of thioether (sulfide) groups is 1. The van der Waals surface area contributed by atoms with Gasteiger partial charge in [0, 0.05) is 24.9 Å². The first kappa shape index (κ1) is 21.4. The Labute approximate surface area is 177 Å². The van der Waals surface area contributed by atoms with Crippen LogP contribution in [0.4, 0.5) is 4.79 Å². The molecule has 1 aliphatic heterocycles. The van der Waals surface area contributed by atoms with Crippen molar-refractivity contribution in [3.63, 3.8) is 0 Å². The number of hydrogen-bond donors (Lipinski definition) is 1. The Bertz CT molecular complexity index is 823. The zero-order valence-electron chi connectivity index (χ0n) is 17.6. The lowest BCUT2D eigenvalue weighted by Crippen LogP contribution is -2.40. The van der Waals surface area contributed by atoms with Gasteiger partial charge in [0.15, 0.2) is 11.5 Å². The topological polar surface area (TPSA) is 50.8 Å².